The fourth-order valence-electron chi connectivity index (χ4n) is 3.66. The Bertz CT molecular complexity index is 846. The van der Waals surface area contributed by atoms with Crippen molar-refractivity contribution in [2.24, 2.45) is 0 Å². The van der Waals surface area contributed by atoms with Gasteiger partial charge in [0.1, 0.15) is 6.10 Å². The fraction of sp³-hybridized carbons (Fsp3) is 0.364. The minimum absolute atomic E-state index is 0.0427. The second-order valence-corrected chi connectivity index (χ2v) is 6.58. The predicted molar refractivity (Wildman–Crippen MR) is 107 cm³/mol. The van der Waals surface area contributed by atoms with Crippen molar-refractivity contribution in [3.8, 4) is 0 Å². The van der Waals surface area contributed by atoms with Crippen LogP contribution in [0.4, 0.5) is 5.69 Å². The average Bonchev–Trinajstić information content (AvgIpc) is 2.91. The third-order valence-corrected chi connectivity index (χ3v) is 4.90. The van der Waals surface area contributed by atoms with Crippen LogP contribution >= 0.6 is 0 Å². The quantitative estimate of drug-likeness (QED) is 0.618. The second-order valence-electron chi connectivity index (χ2n) is 6.58. The lowest BCUT2D eigenvalue weighted by atomic mass is 9.98. The number of ether oxygens (including phenoxy) is 1. The van der Waals surface area contributed by atoms with E-state index >= 15 is 0 Å². The lowest BCUT2D eigenvalue weighted by Gasteiger charge is -2.20. The molecule has 1 heterocycles. The molecule has 0 aliphatic rings. The molecule has 0 aliphatic carbocycles. The molecular weight excluding hydrogens is 308 g/mol. The van der Waals surface area contributed by atoms with Crippen molar-refractivity contribution in [1.29, 1.82) is 0 Å². The van der Waals surface area contributed by atoms with Crippen molar-refractivity contribution >= 4 is 16.6 Å². The van der Waals surface area contributed by atoms with Gasteiger partial charge in [0.25, 0.3) is 0 Å². The SMILES string of the molecule is CCOC(c1ccc(N(C)C)cc1)c1c(C)n(CC)c2ccccc12. The Morgan fingerprint density at radius 2 is 1.68 bits per heavy atom. The van der Waals surface area contributed by atoms with Gasteiger partial charge in [0.15, 0.2) is 0 Å². The molecule has 3 aromatic rings. The number of hydrogen-bond acceptors (Lipinski definition) is 2. The summed E-state index contributed by atoms with van der Waals surface area (Å²) < 4.78 is 8.61. The molecule has 0 saturated carbocycles. The van der Waals surface area contributed by atoms with E-state index in [0.717, 1.165) is 6.54 Å². The van der Waals surface area contributed by atoms with Gasteiger partial charge in [-0.3, -0.25) is 0 Å². The number of benzene rings is 2. The van der Waals surface area contributed by atoms with Crippen LogP contribution in [0.3, 0.4) is 0 Å². The van der Waals surface area contributed by atoms with E-state index < -0.39 is 0 Å². The number of aromatic nitrogens is 1. The summed E-state index contributed by atoms with van der Waals surface area (Å²) in [7, 11) is 4.13. The van der Waals surface area contributed by atoms with Crippen molar-refractivity contribution in [2.45, 2.75) is 33.4 Å². The van der Waals surface area contributed by atoms with Crippen LogP contribution in [0, 0.1) is 6.92 Å². The van der Waals surface area contributed by atoms with Crippen molar-refractivity contribution in [1.82, 2.24) is 4.57 Å². The molecule has 0 bridgehead atoms. The van der Waals surface area contributed by atoms with Crippen LogP contribution in [0.5, 0.6) is 0 Å². The molecule has 132 valence electrons. The van der Waals surface area contributed by atoms with E-state index in [2.05, 4.69) is 92.9 Å². The Hall–Kier alpha value is -2.26. The molecule has 25 heavy (non-hydrogen) atoms. The predicted octanol–water partition coefficient (Wildman–Crippen LogP) is 5.16. The summed E-state index contributed by atoms with van der Waals surface area (Å²) in [6.07, 6.45) is -0.0427. The van der Waals surface area contributed by atoms with Gasteiger partial charge in [0, 0.05) is 55.1 Å². The van der Waals surface area contributed by atoms with Gasteiger partial charge in [0.2, 0.25) is 0 Å². The Kier molecular flexibility index (Phi) is 5.14. The maximum atomic E-state index is 6.23. The minimum atomic E-state index is -0.0427. The van der Waals surface area contributed by atoms with Crippen LogP contribution in [-0.2, 0) is 11.3 Å². The van der Waals surface area contributed by atoms with Gasteiger partial charge in [-0.2, -0.15) is 0 Å². The molecule has 0 spiro atoms. The van der Waals surface area contributed by atoms with E-state index in [9.17, 15) is 0 Å². The summed E-state index contributed by atoms with van der Waals surface area (Å²) in [5, 5.41) is 1.29. The number of para-hydroxylation sites is 1. The standard InChI is InChI=1S/C22H28N2O/c1-6-24-16(3)21(19-10-8-9-11-20(19)24)22(25-7-2)17-12-14-18(15-13-17)23(4)5/h8-15,22H,6-7H2,1-5H3. The normalized spacial score (nSPS) is 12.5. The first-order valence-electron chi connectivity index (χ1n) is 9.05. The molecule has 0 aliphatic heterocycles. The van der Waals surface area contributed by atoms with E-state index in [0.29, 0.717) is 6.61 Å². The van der Waals surface area contributed by atoms with Gasteiger partial charge in [-0.15, -0.1) is 0 Å². The third kappa shape index (κ3) is 3.16. The zero-order valence-electron chi connectivity index (χ0n) is 15.9. The maximum Gasteiger partial charge on any atom is 0.110 e. The monoisotopic (exact) mass is 336 g/mol. The maximum absolute atomic E-state index is 6.23. The van der Waals surface area contributed by atoms with Crippen LogP contribution in [0.15, 0.2) is 48.5 Å². The van der Waals surface area contributed by atoms with Crippen LogP contribution in [0.25, 0.3) is 10.9 Å². The smallest absolute Gasteiger partial charge is 0.110 e. The number of nitrogens with zero attached hydrogens (tertiary/aromatic N) is 2. The van der Waals surface area contributed by atoms with Crippen LogP contribution < -0.4 is 4.90 Å². The number of anilines is 1. The molecule has 1 atom stereocenters. The first-order chi connectivity index (χ1) is 12.1. The van der Waals surface area contributed by atoms with Gasteiger partial charge in [-0.1, -0.05) is 30.3 Å². The number of rotatable bonds is 6. The van der Waals surface area contributed by atoms with Crippen LogP contribution in [0.2, 0.25) is 0 Å². The molecule has 0 N–H and O–H groups in total. The molecule has 2 aromatic carbocycles. The molecule has 1 aromatic heterocycles. The molecule has 0 fully saturated rings. The van der Waals surface area contributed by atoms with Crippen LogP contribution in [-0.4, -0.2) is 25.3 Å². The summed E-state index contributed by atoms with van der Waals surface area (Å²) in [5.74, 6) is 0. The van der Waals surface area contributed by atoms with E-state index in [1.165, 1.54) is 33.4 Å². The Balaban J connectivity index is 2.16. The molecule has 1 unspecified atom stereocenters. The minimum Gasteiger partial charge on any atom is -0.378 e. The third-order valence-electron chi connectivity index (χ3n) is 4.90. The highest BCUT2D eigenvalue weighted by atomic mass is 16.5. The van der Waals surface area contributed by atoms with Crippen LogP contribution in [0.1, 0.15) is 36.8 Å². The van der Waals surface area contributed by atoms with Crippen molar-refractivity contribution in [3.63, 3.8) is 0 Å². The van der Waals surface area contributed by atoms with Gasteiger partial charge < -0.3 is 14.2 Å². The molecule has 3 nitrogen and oxygen atoms in total. The summed E-state index contributed by atoms with van der Waals surface area (Å²) in [6, 6.07) is 17.3. The number of aryl methyl sites for hydroxylation is 1. The van der Waals surface area contributed by atoms with Crippen molar-refractivity contribution in [3.05, 3.63) is 65.4 Å². The van der Waals surface area contributed by atoms with Crippen molar-refractivity contribution < 1.29 is 4.74 Å². The highest BCUT2D eigenvalue weighted by molar-refractivity contribution is 5.86. The molecule has 0 amide bonds. The summed E-state index contributed by atoms with van der Waals surface area (Å²) in [6.45, 7) is 8.12. The number of fused-ring (bicyclic) bond motifs is 1. The highest BCUT2D eigenvalue weighted by Gasteiger charge is 2.23. The zero-order valence-corrected chi connectivity index (χ0v) is 15.9. The topological polar surface area (TPSA) is 17.4 Å². The largest absolute Gasteiger partial charge is 0.378 e. The Morgan fingerprint density at radius 1 is 1.00 bits per heavy atom. The second kappa shape index (κ2) is 7.32. The Labute approximate surface area is 150 Å². The van der Waals surface area contributed by atoms with Gasteiger partial charge >= 0.3 is 0 Å². The molecule has 0 saturated heterocycles. The van der Waals surface area contributed by atoms with E-state index in [1.54, 1.807) is 0 Å². The lowest BCUT2D eigenvalue weighted by Crippen LogP contribution is -2.11. The van der Waals surface area contributed by atoms with Gasteiger partial charge in [0.05, 0.1) is 0 Å². The highest BCUT2D eigenvalue weighted by Crippen LogP contribution is 2.36. The van der Waals surface area contributed by atoms with E-state index in [1.807, 2.05) is 0 Å². The zero-order chi connectivity index (χ0) is 18.0. The van der Waals surface area contributed by atoms with E-state index in [-0.39, 0.29) is 6.10 Å². The summed E-state index contributed by atoms with van der Waals surface area (Å²) >= 11 is 0. The van der Waals surface area contributed by atoms with Crippen molar-refractivity contribution in [2.75, 3.05) is 25.6 Å². The first kappa shape index (κ1) is 17.6. The first-order valence-corrected chi connectivity index (χ1v) is 9.05. The Morgan fingerprint density at radius 3 is 2.28 bits per heavy atom. The fourth-order valence-corrected chi connectivity index (χ4v) is 3.66. The molecule has 3 heteroatoms. The molecule has 0 radical (unpaired) electrons. The molecule has 3 rings (SSSR count). The average molecular weight is 336 g/mol. The number of hydrogen-bond donors (Lipinski definition) is 0. The summed E-state index contributed by atoms with van der Waals surface area (Å²) in [4.78, 5) is 2.12. The van der Waals surface area contributed by atoms with Gasteiger partial charge in [-0.05, 0) is 44.5 Å². The molecular formula is C22H28N2O. The lowest BCUT2D eigenvalue weighted by molar-refractivity contribution is 0.0917. The van der Waals surface area contributed by atoms with E-state index in [4.69, 9.17) is 4.74 Å². The van der Waals surface area contributed by atoms with Gasteiger partial charge in [-0.25, -0.2) is 0 Å². The summed E-state index contributed by atoms with van der Waals surface area (Å²) in [5.41, 5.74) is 6.27.